The molecule has 8 heteroatoms. The maximum Gasteiger partial charge on any atom is 0.452 e. The largest absolute Gasteiger partial charge is 0.452 e. The third kappa shape index (κ3) is 2.58. The third-order valence-electron chi connectivity index (χ3n) is 2.10. The molecule has 2 aromatic rings. The molecule has 0 saturated heterocycles. The molecule has 2 rings (SSSR count). The molecule has 0 aliphatic carbocycles. The van der Waals surface area contributed by atoms with Crippen molar-refractivity contribution in [3.05, 3.63) is 18.2 Å². The van der Waals surface area contributed by atoms with Gasteiger partial charge in [0.15, 0.2) is 5.65 Å². The van der Waals surface area contributed by atoms with E-state index >= 15 is 0 Å². The van der Waals surface area contributed by atoms with Gasteiger partial charge in [-0.2, -0.15) is 13.2 Å². The fourth-order valence-corrected chi connectivity index (χ4v) is 2.24. The minimum Gasteiger partial charge on any atom is -0.275 e. The topological polar surface area (TPSA) is 43.1 Å². The van der Waals surface area contributed by atoms with E-state index in [0.717, 1.165) is 10.2 Å². The van der Waals surface area contributed by atoms with Gasteiger partial charge in [0.25, 0.3) is 0 Å². The maximum atomic E-state index is 12.6. The number of thioether (sulfide) groups is 1. The number of hydrogen-bond donors (Lipinski definition) is 0. The Morgan fingerprint density at radius 3 is 2.67 bits per heavy atom. The molecule has 0 unspecified atom stereocenters. The van der Waals surface area contributed by atoms with Gasteiger partial charge in [-0.1, -0.05) is 13.8 Å². The normalized spacial score (nSPS) is 12.6. The zero-order valence-corrected chi connectivity index (χ0v) is 10.6. The predicted molar refractivity (Wildman–Crippen MR) is 61.3 cm³/mol. The highest BCUT2D eigenvalue weighted by Gasteiger charge is 2.37. The molecule has 0 aliphatic heterocycles. The first-order valence-corrected chi connectivity index (χ1v) is 6.28. The highest BCUT2D eigenvalue weighted by Crippen LogP contribution is 2.30. The van der Waals surface area contributed by atoms with E-state index in [0.29, 0.717) is 10.9 Å². The minimum atomic E-state index is -4.51. The van der Waals surface area contributed by atoms with E-state index in [-0.39, 0.29) is 5.65 Å². The van der Waals surface area contributed by atoms with Crippen molar-refractivity contribution in [1.82, 2.24) is 19.6 Å². The second kappa shape index (κ2) is 4.75. The van der Waals surface area contributed by atoms with E-state index in [1.165, 1.54) is 24.2 Å². The van der Waals surface area contributed by atoms with Gasteiger partial charge < -0.3 is 0 Å². The summed E-state index contributed by atoms with van der Waals surface area (Å²) in [4.78, 5) is 4.05. The molecule has 4 nitrogen and oxygen atoms in total. The van der Waals surface area contributed by atoms with Crippen molar-refractivity contribution >= 4 is 17.4 Å². The first-order chi connectivity index (χ1) is 8.39. The van der Waals surface area contributed by atoms with Gasteiger partial charge in [0, 0.05) is 18.1 Å². The van der Waals surface area contributed by atoms with Crippen LogP contribution < -0.4 is 0 Å². The summed E-state index contributed by atoms with van der Waals surface area (Å²) < 4.78 is 38.9. The number of alkyl halides is 3. The van der Waals surface area contributed by atoms with Crippen LogP contribution in [0.3, 0.4) is 0 Å². The average Bonchev–Trinajstić information content (AvgIpc) is 2.69. The lowest BCUT2D eigenvalue weighted by Gasteiger charge is -2.06. The fraction of sp³-hybridized carbons (Fsp3) is 0.500. The van der Waals surface area contributed by atoms with Crippen molar-refractivity contribution in [2.24, 2.45) is 5.92 Å². The van der Waals surface area contributed by atoms with Crippen LogP contribution in [0.5, 0.6) is 0 Å². The number of aromatic nitrogens is 4. The molecule has 0 radical (unpaired) electrons. The zero-order valence-electron chi connectivity index (χ0n) is 9.77. The average molecular weight is 276 g/mol. The van der Waals surface area contributed by atoms with E-state index in [1.54, 1.807) is 0 Å². The number of halogens is 3. The van der Waals surface area contributed by atoms with Crippen molar-refractivity contribution in [1.29, 1.82) is 0 Å². The Hall–Kier alpha value is -1.31. The Kier molecular flexibility index (Phi) is 3.47. The summed E-state index contributed by atoms with van der Waals surface area (Å²) in [6.45, 7) is 4.05. The van der Waals surface area contributed by atoms with Crippen LogP contribution in [0, 0.1) is 5.92 Å². The lowest BCUT2D eigenvalue weighted by molar-refractivity contribution is -0.145. The summed E-state index contributed by atoms with van der Waals surface area (Å²) in [5, 5.41) is 7.23. The van der Waals surface area contributed by atoms with Gasteiger partial charge in [-0.3, -0.25) is 4.40 Å². The molecule has 0 atom stereocenters. The van der Waals surface area contributed by atoms with Crippen LogP contribution in [-0.4, -0.2) is 25.3 Å². The second-order valence-corrected chi connectivity index (χ2v) is 5.16. The molecule has 0 saturated carbocycles. The van der Waals surface area contributed by atoms with Crippen molar-refractivity contribution in [2.45, 2.75) is 25.0 Å². The van der Waals surface area contributed by atoms with Crippen LogP contribution in [0.4, 0.5) is 13.2 Å². The summed E-state index contributed by atoms with van der Waals surface area (Å²) in [5.74, 6) is 0.161. The smallest absolute Gasteiger partial charge is 0.275 e. The van der Waals surface area contributed by atoms with Crippen molar-refractivity contribution in [3.8, 4) is 0 Å². The quantitative estimate of drug-likeness (QED) is 0.808. The zero-order chi connectivity index (χ0) is 13.3. The number of rotatable bonds is 3. The Morgan fingerprint density at radius 2 is 2.06 bits per heavy atom. The van der Waals surface area contributed by atoms with E-state index in [9.17, 15) is 13.2 Å². The molecule has 0 aliphatic rings. The van der Waals surface area contributed by atoms with E-state index in [2.05, 4.69) is 15.2 Å². The van der Waals surface area contributed by atoms with Gasteiger partial charge in [0.2, 0.25) is 5.82 Å². The predicted octanol–water partition coefficient (Wildman–Crippen LogP) is 2.89. The summed E-state index contributed by atoms with van der Waals surface area (Å²) in [6.07, 6.45) is -1.97. The molecular formula is C10H11F3N4S. The number of fused-ring (bicyclic) bond motifs is 1. The summed E-state index contributed by atoms with van der Waals surface area (Å²) in [5.41, 5.74) is 0.149. The van der Waals surface area contributed by atoms with Gasteiger partial charge in [-0.25, -0.2) is 4.98 Å². The van der Waals surface area contributed by atoms with Gasteiger partial charge >= 0.3 is 6.18 Å². The van der Waals surface area contributed by atoms with Crippen LogP contribution >= 0.6 is 11.8 Å². The van der Waals surface area contributed by atoms with Crippen molar-refractivity contribution in [2.75, 3.05) is 5.75 Å². The van der Waals surface area contributed by atoms with Crippen molar-refractivity contribution < 1.29 is 13.2 Å². The molecule has 2 heterocycles. The lowest BCUT2D eigenvalue weighted by atomic mass is 10.3. The summed E-state index contributed by atoms with van der Waals surface area (Å²) >= 11 is 1.38. The second-order valence-electron chi connectivity index (χ2n) is 4.15. The van der Waals surface area contributed by atoms with Crippen LogP contribution in [0.25, 0.3) is 5.65 Å². The summed E-state index contributed by atoms with van der Waals surface area (Å²) in [6, 6.07) is 0. The molecule has 98 valence electrons. The minimum absolute atomic E-state index is 0.149. The first kappa shape index (κ1) is 13.1. The molecule has 0 aromatic carbocycles. The molecule has 2 aromatic heterocycles. The first-order valence-electron chi connectivity index (χ1n) is 5.29. The third-order valence-corrected chi connectivity index (χ3v) is 3.50. The molecule has 0 N–H and O–H groups in total. The molecular weight excluding hydrogens is 265 g/mol. The molecule has 18 heavy (non-hydrogen) atoms. The Balaban J connectivity index is 2.43. The van der Waals surface area contributed by atoms with Crippen LogP contribution in [0.15, 0.2) is 17.4 Å². The van der Waals surface area contributed by atoms with Crippen LogP contribution in [0.2, 0.25) is 0 Å². The number of hydrogen-bond acceptors (Lipinski definition) is 4. The van der Waals surface area contributed by atoms with Crippen LogP contribution in [-0.2, 0) is 6.18 Å². The SMILES string of the molecule is CC(C)CSc1nccn2c(C(F)(F)F)nnc12. The number of nitrogens with zero attached hydrogens (tertiary/aromatic N) is 4. The van der Waals surface area contributed by atoms with Crippen molar-refractivity contribution in [3.63, 3.8) is 0 Å². The fourth-order valence-electron chi connectivity index (χ4n) is 1.34. The van der Waals surface area contributed by atoms with E-state index in [1.807, 2.05) is 13.8 Å². The standard InChI is InChI=1S/C10H11F3N4S/c1-6(2)5-18-8-7-15-16-9(10(11,12)13)17(7)4-3-14-8/h3-4,6H,5H2,1-2H3. The molecule has 0 fully saturated rings. The van der Waals surface area contributed by atoms with Gasteiger partial charge in [-0.05, 0) is 5.92 Å². The van der Waals surface area contributed by atoms with Gasteiger partial charge in [0.1, 0.15) is 5.03 Å². The summed E-state index contributed by atoms with van der Waals surface area (Å²) in [7, 11) is 0. The molecule has 0 spiro atoms. The molecule has 0 bridgehead atoms. The van der Waals surface area contributed by atoms with E-state index < -0.39 is 12.0 Å². The van der Waals surface area contributed by atoms with Gasteiger partial charge in [0.05, 0.1) is 0 Å². The van der Waals surface area contributed by atoms with Crippen LogP contribution in [0.1, 0.15) is 19.7 Å². The highest BCUT2D eigenvalue weighted by molar-refractivity contribution is 7.99. The molecule has 0 amide bonds. The van der Waals surface area contributed by atoms with Gasteiger partial charge in [-0.15, -0.1) is 22.0 Å². The monoisotopic (exact) mass is 276 g/mol. The Labute approximate surface area is 106 Å². The Bertz CT molecular complexity index is 550. The Morgan fingerprint density at radius 1 is 1.33 bits per heavy atom. The highest BCUT2D eigenvalue weighted by atomic mass is 32.2. The van der Waals surface area contributed by atoms with E-state index in [4.69, 9.17) is 0 Å². The maximum absolute atomic E-state index is 12.6. The lowest BCUT2D eigenvalue weighted by Crippen LogP contribution is -2.10.